The summed E-state index contributed by atoms with van der Waals surface area (Å²) in [5, 5.41) is 9.95. The third kappa shape index (κ3) is 5.76. The van der Waals surface area contributed by atoms with Crippen molar-refractivity contribution in [3.8, 4) is 11.5 Å². The van der Waals surface area contributed by atoms with Gasteiger partial charge in [-0.1, -0.05) is 79.7 Å². The Bertz CT molecular complexity index is 1680. The average Bonchev–Trinajstić information content (AvgIpc) is 3.18. The van der Waals surface area contributed by atoms with Crippen LogP contribution in [0.2, 0.25) is 0 Å². The fourth-order valence-electron chi connectivity index (χ4n) is 6.18. The SMILES string of the molecule is CO[C@H](c1ccc(N2C(=O)c3ccccc3Oc3ccccc32)cc1)[C@H](C)/C=C/CC(=O)N1Cc2ccccc2C[C@H]1CO. The van der Waals surface area contributed by atoms with Crippen molar-refractivity contribution in [3.63, 3.8) is 0 Å². The molecule has 44 heavy (non-hydrogen) atoms. The lowest BCUT2D eigenvalue weighted by Gasteiger charge is -2.36. The van der Waals surface area contributed by atoms with E-state index in [1.54, 1.807) is 29.0 Å². The van der Waals surface area contributed by atoms with Gasteiger partial charge >= 0.3 is 0 Å². The molecule has 2 amide bonds. The summed E-state index contributed by atoms with van der Waals surface area (Å²) in [5.41, 5.74) is 5.17. The fourth-order valence-corrected chi connectivity index (χ4v) is 6.18. The van der Waals surface area contributed by atoms with Gasteiger partial charge in [0.25, 0.3) is 5.91 Å². The Morgan fingerprint density at radius 2 is 1.64 bits per heavy atom. The molecule has 0 saturated carbocycles. The second-order valence-electron chi connectivity index (χ2n) is 11.3. The van der Waals surface area contributed by atoms with E-state index in [0.29, 0.717) is 35.7 Å². The zero-order chi connectivity index (χ0) is 30.6. The second kappa shape index (κ2) is 12.9. The summed E-state index contributed by atoms with van der Waals surface area (Å²) in [6.07, 6.45) is 4.56. The number of aliphatic hydroxyl groups is 1. The Morgan fingerprint density at radius 3 is 2.39 bits per heavy atom. The highest BCUT2D eigenvalue weighted by atomic mass is 16.5. The van der Waals surface area contributed by atoms with Gasteiger partial charge in [-0.25, -0.2) is 0 Å². The number of rotatable bonds is 8. The van der Waals surface area contributed by atoms with Crippen LogP contribution in [-0.4, -0.2) is 41.6 Å². The summed E-state index contributed by atoms with van der Waals surface area (Å²) in [4.78, 5) is 30.4. The first-order chi connectivity index (χ1) is 21.5. The molecule has 7 heteroatoms. The van der Waals surface area contributed by atoms with Crippen LogP contribution in [0.4, 0.5) is 11.4 Å². The maximum absolute atomic E-state index is 13.7. The summed E-state index contributed by atoms with van der Waals surface area (Å²) < 4.78 is 12.0. The Balaban J connectivity index is 1.16. The molecule has 6 rings (SSSR count). The number of para-hydroxylation sites is 3. The van der Waals surface area contributed by atoms with Crippen molar-refractivity contribution in [2.75, 3.05) is 18.6 Å². The molecule has 1 N–H and O–H groups in total. The van der Waals surface area contributed by atoms with Gasteiger partial charge in [-0.15, -0.1) is 0 Å². The van der Waals surface area contributed by atoms with E-state index in [9.17, 15) is 14.7 Å². The quantitative estimate of drug-likeness (QED) is 0.225. The van der Waals surface area contributed by atoms with Crippen molar-refractivity contribution in [2.24, 2.45) is 5.92 Å². The number of nitrogens with zero attached hydrogens (tertiary/aromatic N) is 2. The van der Waals surface area contributed by atoms with Crippen molar-refractivity contribution in [3.05, 3.63) is 131 Å². The highest BCUT2D eigenvalue weighted by Gasteiger charge is 2.30. The molecule has 4 aromatic rings. The van der Waals surface area contributed by atoms with Crippen LogP contribution in [0.25, 0.3) is 0 Å². The molecule has 7 nitrogen and oxygen atoms in total. The standard InChI is InChI=1S/C37H36N2O5/c1-25(10-9-17-35(41)38-23-28-12-4-3-11-27(28)22-30(38)24-40)36(43-2)26-18-20-29(21-19-26)39-32-14-6-8-16-34(32)44-33-15-7-5-13-31(33)37(39)42/h3-16,18-21,25,30,36,40H,17,22-24H2,1-2H3/b10-9+/t25-,30+,36+/m1/s1. The second-order valence-corrected chi connectivity index (χ2v) is 11.3. The topological polar surface area (TPSA) is 79.3 Å². The molecule has 0 saturated heterocycles. The minimum Gasteiger partial charge on any atom is -0.454 e. The lowest BCUT2D eigenvalue weighted by atomic mass is 9.93. The zero-order valence-corrected chi connectivity index (χ0v) is 24.9. The van der Waals surface area contributed by atoms with E-state index in [1.807, 2.05) is 91.0 Å². The van der Waals surface area contributed by atoms with E-state index < -0.39 is 0 Å². The smallest absolute Gasteiger partial charge is 0.266 e. The van der Waals surface area contributed by atoms with Crippen LogP contribution >= 0.6 is 0 Å². The van der Waals surface area contributed by atoms with Gasteiger partial charge in [0.2, 0.25) is 5.91 Å². The number of hydrogen-bond acceptors (Lipinski definition) is 5. The Morgan fingerprint density at radius 1 is 0.955 bits per heavy atom. The Labute approximate surface area is 258 Å². The van der Waals surface area contributed by atoms with Gasteiger partial charge in [0.15, 0.2) is 5.75 Å². The molecule has 0 spiro atoms. The Hall–Kier alpha value is -4.72. The van der Waals surface area contributed by atoms with Gasteiger partial charge < -0.3 is 19.5 Å². The first-order valence-corrected chi connectivity index (χ1v) is 15.0. The van der Waals surface area contributed by atoms with E-state index in [1.165, 1.54) is 5.56 Å². The average molecular weight is 589 g/mol. The molecular formula is C37H36N2O5. The lowest BCUT2D eigenvalue weighted by Crippen LogP contribution is -2.46. The molecule has 2 heterocycles. The minimum atomic E-state index is -0.251. The van der Waals surface area contributed by atoms with E-state index in [4.69, 9.17) is 9.47 Å². The fraction of sp³-hybridized carbons (Fsp3) is 0.243. The van der Waals surface area contributed by atoms with Gasteiger partial charge in [-0.3, -0.25) is 14.5 Å². The maximum atomic E-state index is 13.7. The number of anilines is 2. The number of carbonyl (C=O) groups is 2. The third-order valence-corrected chi connectivity index (χ3v) is 8.48. The van der Waals surface area contributed by atoms with Crippen molar-refractivity contribution in [2.45, 2.75) is 38.5 Å². The van der Waals surface area contributed by atoms with Crippen molar-refractivity contribution >= 4 is 23.2 Å². The van der Waals surface area contributed by atoms with Crippen LogP contribution in [0.3, 0.4) is 0 Å². The summed E-state index contributed by atoms with van der Waals surface area (Å²) in [5.74, 6) is 0.947. The molecule has 2 aliphatic rings. The number of carbonyl (C=O) groups excluding carboxylic acids is 2. The number of benzene rings is 4. The molecule has 2 aliphatic heterocycles. The highest BCUT2D eigenvalue weighted by molar-refractivity contribution is 6.14. The largest absolute Gasteiger partial charge is 0.454 e. The Kier molecular flexibility index (Phi) is 8.59. The third-order valence-electron chi connectivity index (χ3n) is 8.48. The lowest BCUT2D eigenvalue weighted by molar-refractivity contribution is -0.134. The number of amides is 2. The van der Waals surface area contributed by atoms with Crippen molar-refractivity contribution < 1.29 is 24.2 Å². The van der Waals surface area contributed by atoms with Crippen LogP contribution in [0.1, 0.15) is 46.5 Å². The molecule has 0 radical (unpaired) electrons. The molecule has 0 unspecified atom stereocenters. The van der Waals surface area contributed by atoms with Gasteiger partial charge in [0.05, 0.1) is 30.0 Å². The predicted molar refractivity (Wildman–Crippen MR) is 170 cm³/mol. The van der Waals surface area contributed by atoms with Gasteiger partial charge in [-0.05, 0) is 59.5 Å². The molecule has 4 aromatic carbocycles. The molecule has 0 fully saturated rings. The number of fused-ring (bicyclic) bond motifs is 3. The molecular weight excluding hydrogens is 552 g/mol. The van der Waals surface area contributed by atoms with E-state index >= 15 is 0 Å². The van der Waals surface area contributed by atoms with Crippen LogP contribution in [0, 0.1) is 5.92 Å². The molecule has 0 aromatic heterocycles. The molecule has 0 aliphatic carbocycles. The zero-order valence-electron chi connectivity index (χ0n) is 24.9. The normalized spacial score (nSPS) is 17.2. The summed E-state index contributed by atoms with van der Waals surface area (Å²) in [6, 6.07) is 30.5. The summed E-state index contributed by atoms with van der Waals surface area (Å²) in [6.45, 7) is 2.51. The van der Waals surface area contributed by atoms with Crippen LogP contribution in [0.5, 0.6) is 11.5 Å². The van der Waals surface area contributed by atoms with Gasteiger partial charge in [0.1, 0.15) is 5.75 Å². The molecule has 3 atom stereocenters. The molecule has 224 valence electrons. The minimum absolute atomic E-state index is 0.00623. The highest BCUT2D eigenvalue weighted by Crippen LogP contribution is 2.42. The monoisotopic (exact) mass is 588 g/mol. The van der Waals surface area contributed by atoms with Crippen molar-refractivity contribution in [1.82, 2.24) is 4.90 Å². The number of ether oxygens (including phenoxy) is 2. The summed E-state index contributed by atoms with van der Waals surface area (Å²) in [7, 11) is 1.67. The van der Waals surface area contributed by atoms with Crippen molar-refractivity contribution in [1.29, 1.82) is 0 Å². The van der Waals surface area contributed by atoms with Crippen LogP contribution in [0.15, 0.2) is 109 Å². The van der Waals surface area contributed by atoms with E-state index in [2.05, 4.69) is 13.0 Å². The summed E-state index contributed by atoms with van der Waals surface area (Å²) >= 11 is 0. The number of aliphatic hydroxyl groups excluding tert-OH is 1. The number of hydrogen-bond donors (Lipinski definition) is 1. The van der Waals surface area contributed by atoms with E-state index in [-0.39, 0.29) is 42.9 Å². The first-order valence-electron chi connectivity index (χ1n) is 15.0. The maximum Gasteiger partial charge on any atom is 0.266 e. The van der Waals surface area contributed by atoms with E-state index in [0.717, 1.165) is 16.8 Å². The predicted octanol–water partition coefficient (Wildman–Crippen LogP) is 6.99. The first kappa shape index (κ1) is 29.4. The number of methoxy groups -OCH3 is 1. The van der Waals surface area contributed by atoms with Crippen LogP contribution < -0.4 is 9.64 Å². The molecule has 0 bridgehead atoms. The van der Waals surface area contributed by atoms with Gasteiger partial charge in [0, 0.05) is 31.7 Å². The van der Waals surface area contributed by atoms with Gasteiger partial charge in [-0.2, -0.15) is 0 Å². The van der Waals surface area contributed by atoms with Crippen LogP contribution in [-0.2, 0) is 22.5 Å².